The van der Waals surface area contributed by atoms with Gasteiger partial charge in [0.05, 0.1) is 0 Å². The summed E-state index contributed by atoms with van der Waals surface area (Å²) >= 11 is 0. The van der Waals surface area contributed by atoms with Crippen LogP contribution in [0.15, 0.2) is 12.2 Å². The molecule has 0 saturated heterocycles. The standard InChI is InChI=1S/C18H34O2.C9H14O6/c1-2-3-4-5-6-7-8-9-10-11-12-13-14-15-16-17-18(19)20;1-6(10)13-4-9(15-8(3)12)5-14-7(2)11/h9-10H,2-8,11-17H2,1H3,(H,19,20);9H,4-5H2,1-3H3/b10-9-;. The average molecular weight is 501 g/mol. The predicted molar refractivity (Wildman–Crippen MR) is 136 cm³/mol. The second-order valence-electron chi connectivity index (χ2n) is 8.56. The van der Waals surface area contributed by atoms with E-state index >= 15 is 0 Å². The van der Waals surface area contributed by atoms with E-state index in [0.717, 1.165) is 12.8 Å². The van der Waals surface area contributed by atoms with Crippen LogP contribution in [0.5, 0.6) is 0 Å². The second-order valence-corrected chi connectivity index (χ2v) is 8.56. The van der Waals surface area contributed by atoms with Gasteiger partial charge in [-0.25, -0.2) is 0 Å². The number of carbonyl (C=O) groups is 4. The molecule has 0 saturated carbocycles. The first-order chi connectivity index (χ1) is 16.7. The number of rotatable bonds is 20. The fourth-order valence-corrected chi connectivity index (χ4v) is 3.12. The van der Waals surface area contributed by atoms with E-state index in [1.165, 1.54) is 91.4 Å². The van der Waals surface area contributed by atoms with Gasteiger partial charge in [-0.1, -0.05) is 70.4 Å². The minimum atomic E-state index is -0.754. The Morgan fingerprint density at radius 1 is 0.657 bits per heavy atom. The highest BCUT2D eigenvalue weighted by Gasteiger charge is 2.15. The molecule has 0 bridgehead atoms. The molecule has 204 valence electrons. The lowest BCUT2D eigenvalue weighted by atomic mass is 10.1. The van der Waals surface area contributed by atoms with Crippen molar-refractivity contribution in [3.05, 3.63) is 12.2 Å². The molecule has 0 rings (SSSR count). The minimum Gasteiger partial charge on any atom is -0.481 e. The summed E-state index contributed by atoms with van der Waals surface area (Å²) in [6.07, 6.45) is 20.5. The van der Waals surface area contributed by atoms with Crippen molar-refractivity contribution in [1.82, 2.24) is 0 Å². The quantitative estimate of drug-likeness (QED) is 0.0915. The van der Waals surface area contributed by atoms with Crippen molar-refractivity contribution in [3.8, 4) is 0 Å². The lowest BCUT2D eigenvalue weighted by molar-refractivity contribution is -0.163. The van der Waals surface area contributed by atoms with Crippen molar-refractivity contribution in [3.63, 3.8) is 0 Å². The summed E-state index contributed by atoms with van der Waals surface area (Å²) in [4.78, 5) is 42.0. The zero-order valence-corrected chi connectivity index (χ0v) is 22.4. The number of unbranched alkanes of at least 4 members (excludes halogenated alkanes) is 11. The summed E-state index contributed by atoms with van der Waals surface area (Å²) < 4.78 is 14.0. The van der Waals surface area contributed by atoms with Gasteiger partial charge >= 0.3 is 23.9 Å². The molecular weight excluding hydrogens is 452 g/mol. The Labute approximate surface area is 211 Å². The number of esters is 3. The third kappa shape index (κ3) is 33.9. The van der Waals surface area contributed by atoms with Crippen molar-refractivity contribution in [2.45, 2.75) is 124 Å². The Bertz CT molecular complexity index is 568. The van der Waals surface area contributed by atoms with Crippen LogP contribution in [0, 0.1) is 0 Å². The highest BCUT2D eigenvalue weighted by atomic mass is 16.6. The highest BCUT2D eigenvalue weighted by molar-refractivity contribution is 5.67. The molecule has 0 aliphatic heterocycles. The number of hydrogen-bond acceptors (Lipinski definition) is 7. The van der Waals surface area contributed by atoms with E-state index in [-0.39, 0.29) is 13.2 Å². The summed E-state index contributed by atoms with van der Waals surface area (Å²) in [5.74, 6) is -2.17. The Morgan fingerprint density at radius 3 is 1.49 bits per heavy atom. The minimum absolute atomic E-state index is 0.123. The number of carboxylic acids is 1. The third-order valence-electron chi connectivity index (χ3n) is 4.93. The number of ether oxygens (including phenoxy) is 3. The van der Waals surface area contributed by atoms with Gasteiger partial charge in [-0.2, -0.15) is 0 Å². The zero-order valence-electron chi connectivity index (χ0n) is 22.4. The number of carbonyl (C=O) groups excluding carboxylic acids is 3. The molecule has 35 heavy (non-hydrogen) atoms. The molecule has 0 aromatic heterocycles. The van der Waals surface area contributed by atoms with Crippen LogP contribution in [0.25, 0.3) is 0 Å². The van der Waals surface area contributed by atoms with Crippen LogP contribution < -0.4 is 0 Å². The zero-order chi connectivity index (χ0) is 26.7. The molecule has 0 aromatic rings. The van der Waals surface area contributed by atoms with E-state index in [0.29, 0.717) is 6.42 Å². The first-order valence-electron chi connectivity index (χ1n) is 13.0. The van der Waals surface area contributed by atoms with Gasteiger partial charge in [-0.05, 0) is 32.1 Å². The van der Waals surface area contributed by atoms with E-state index in [1.807, 2.05) is 0 Å². The smallest absolute Gasteiger partial charge is 0.303 e. The largest absolute Gasteiger partial charge is 0.481 e. The van der Waals surface area contributed by atoms with Gasteiger partial charge in [-0.15, -0.1) is 0 Å². The molecule has 0 unspecified atom stereocenters. The van der Waals surface area contributed by atoms with Crippen LogP contribution in [0.4, 0.5) is 0 Å². The van der Waals surface area contributed by atoms with Crippen LogP contribution in [-0.4, -0.2) is 48.3 Å². The topological polar surface area (TPSA) is 116 Å². The molecule has 0 aromatic carbocycles. The molecule has 0 aliphatic rings. The average Bonchev–Trinajstić information content (AvgIpc) is 2.78. The van der Waals surface area contributed by atoms with Crippen LogP contribution in [0.3, 0.4) is 0 Å². The monoisotopic (exact) mass is 500 g/mol. The third-order valence-corrected chi connectivity index (χ3v) is 4.93. The predicted octanol–water partition coefficient (Wildman–Crippen LogP) is 6.15. The normalized spacial score (nSPS) is 10.5. The van der Waals surface area contributed by atoms with Crippen LogP contribution in [0.1, 0.15) is 118 Å². The second kappa shape index (κ2) is 26.2. The van der Waals surface area contributed by atoms with Crippen molar-refractivity contribution < 1.29 is 38.5 Å². The van der Waals surface area contributed by atoms with E-state index in [9.17, 15) is 19.2 Å². The van der Waals surface area contributed by atoms with Crippen LogP contribution >= 0.6 is 0 Å². The van der Waals surface area contributed by atoms with E-state index in [4.69, 9.17) is 9.84 Å². The van der Waals surface area contributed by atoms with Gasteiger partial charge in [0, 0.05) is 27.2 Å². The summed E-state index contributed by atoms with van der Waals surface area (Å²) in [5.41, 5.74) is 0. The first-order valence-corrected chi connectivity index (χ1v) is 13.0. The summed E-state index contributed by atoms with van der Waals surface area (Å²) in [6, 6.07) is 0. The summed E-state index contributed by atoms with van der Waals surface area (Å²) in [7, 11) is 0. The fraction of sp³-hybridized carbons (Fsp3) is 0.778. The molecular formula is C27H48O8. The van der Waals surface area contributed by atoms with Gasteiger partial charge in [0.15, 0.2) is 6.10 Å². The van der Waals surface area contributed by atoms with Crippen molar-refractivity contribution in [2.24, 2.45) is 0 Å². The maximum Gasteiger partial charge on any atom is 0.303 e. The first kappa shape index (κ1) is 34.8. The Balaban J connectivity index is 0. The fourth-order valence-electron chi connectivity index (χ4n) is 3.12. The Morgan fingerprint density at radius 2 is 1.09 bits per heavy atom. The van der Waals surface area contributed by atoms with E-state index in [1.54, 1.807) is 0 Å². The molecule has 8 heteroatoms. The molecule has 0 amide bonds. The number of allylic oxidation sites excluding steroid dienone is 2. The molecule has 0 radical (unpaired) electrons. The van der Waals surface area contributed by atoms with Crippen LogP contribution in [-0.2, 0) is 33.4 Å². The van der Waals surface area contributed by atoms with Crippen LogP contribution in [0.2, 0.25) is 0 Å². The van der Waals surface area contributed by atoms with Gasteiger partial charge in [0.25, 0.3) is 0 Å². The number of aliphatic carboxylic acids is 1. The number of carboxylic acid groups (broad SMARTS) is 1. The molecule has 1 N–H and O–H groups in total. The molecule has 0 heterocycles. The summed E-state index contributed by atoms with van der Waals surface area (Å²) in [6.45, 7) is 5.70. The SMILES string of the molecule is CC(=O)OCC(COC(C)=O)OC(C)=O.CCCCCCCC/C=C\CCCCCCCC(=O)O. The molecule has 0 fully saturated rings. The molecule has 0 spiro atoms. The molecule has 0 aliphatic carbocycles. The van der Waals surface area contributed by atoms with E-state index < -0.39 is 30.0 Å². The Kier molecular flexibility index (Phi) is 26.1. The maximum absolute atomic E-state index is 10.6. The van der Waals surface area contributed by atoms with E-state index in [2.05, 4.69) is 28.5 Å². The van der Waals surface area contributed by atoms with Crippen molar-refractivity contribution in [2.75, 3.05) is 13.2 Å². The summed E-state index contributed by atoms with van der Waals surface area (Å²) in [5, 5.41) is 8.51. The number of hydrogen-bond donors (Lipinski definition) is 1. The van der Waals surface area contributed by atoms with Crippen molar-refractivity contribution >= 4 is 23.9 Å². The van der Waals surface area contributed by atoms with Gasteiger partial charge in [0.1, 0.15) is 13.2 Å². The highest BCUT2D eigenvalue weighted by Crippen LogP contribution is 2.09. The molecule has 8 nitrogen and oxygen atoms in total. The van der Waals surface area contributed by atoms with Gasteiger partial charge < -0.3 is 19.3 Å². The maximum atomic E-state index is 10.6. The van der Waals surface area contributed by atoms with Crippen molar-refractivity contribution in [1.29, 1.82) is 0 Å². The lowest BCUT2D eigenvalue weighted by Crippen LogP contribution is -2.29. The van der Waals surface area contributed by atoms with Gasteiger partial charge in [-0.3, -0.25) is 19.2 Å². The van der Waals surface area contributed by atoms with Gasteiger partial charge in [0.2, 0.25) is 0 Å². The Hall–Kier alpha value is -2.38. The lowest BCUT2D eigenvalue weighted by Gasteiger charge is -2.15. The molecule has 0 atom stereocenters.